The van der Waals surface area contributed by atoms with Gasteiger partial charge in [-0.25, -0.2) is 14.2 Å². The van der Waals surface area contributed by atoms with E-state index in [0.29, 0.717) is 11.3 Å². The largest absolute Gasteiger partial charge is 0.444 e. The van der Waals surface area contributed by atoms with Gasteiger partial charge in [0, 0.05) is 25.7 Å². The molecule has 13 heteroatoms. The van der Waals surface area contributed by atoms with Crippen molar-refractivity contribution in [3.05, 3.63) is 29.9 Å². The third-order valence-corrected chi connectivity index (χ3v) is 6.23. The van der Waals surface area contributed by atoms with Crippen molar-refractivity contribution < 1.29 is 31.9 Å². The van der Waals surface area contributed by atoms with Crippen LogP contribution in [0.1, 0.15) is 58.0 Å². The molecule has 0 radical (unpaired) electrons. The summed E-state index contributed by atoms with van der Waals surface area (Å²) in [7, 11) is 2.90. The van der Waals surface area contributed by atoms with Crippen molar-refractivity contribution in [3.63, 3.8) is 0 Å². The first kappa shape index (κ1) is 25.6. The van der Waals surface area contributed by atoms with E-state index in [1.54, 1.807) is 20.8 Å². The Labute approximate surface area is 205 Å². The number of carbonyl (C=O) groups excluding carboxylic acids is 2. The van der Waals surface area contributed by atoms with Crippen molar-refractivity contribution in [2.75, 3.05) is 14.1 Å². The molecule has 2 aromatic heterocycles. The molecule has 3 fully saturated rings. The van der Waals surface area contributed by atoms with Gasteiger partial charge in [-0.1, -0.05) is 0 Å². The van der Waals surface area contributed by atoms with Gasteiger partial charge in [-0.3, -0.25) is 14.7 Å². The molecule has 3 aliphatic carbocycles. The van der Waals surface area contributed by atoms with E-state index >= 15 is 0 Å². The lowest BCUT2D eigenvalue weighted by Crippen LogP contribution is -2.74. The Hall–Kier alpha value is -3.51. The van der Waals surface area contributed by atoms with Gasteiger partial charge in [-0.05, 0) is 52.2 Å². The molecule has 2 bridgehead atoms. The highest BCUT2D eigenvalue weighted by atomic mass is 19.3. The van der Waals surface area contributed by atoms with E-state index < -0.39 is 47.0 Å². The van der Waals surface area contributed by atoms with Crippen LogP contribution in [0.3, 0.4) is 0 Å². The maximum absolute atomic E-state index is 14.3. The molecule has 0 N–H and O–H groups in total. The Morgan fingerprint density at radius 3 is 2.36 bits per heavy atom. The van der Waals surface area contributed by atoms with E-state index in [0.717, 1.165) is 5.01 Å². The molecule has 2 aromatic rings. The molecular weight excluding hydrogens is 481 g/mol. The maximum atomic E-state index is 14.3. The fraction of sp³-hybridized carbons (Fsp3) is 0.565. The van der Waals surface area contributed by atoms with Crippen molar-refractivity contribution in [2.45, 2.75) is 63.8 Å². The number of nitrogens with zero attached hydrogens (tertiary/aromatic N) is 6. The zero-order chi connectivity index (χ0) is 26.5. The molecule has 0 spiro atoms. The average Bonchev–Trinajstić information content (AvgIpc) is 3.25. The van der Waals surface area contributed by atoms with E-state index in [4.69, 9.17) is 9.15 Å². The van der Waals surface area contributed by atoms with Gasteiger partial charge < -0.3 is 9.15 Å². The van der Waals surface area contributed by atoms with Crippen LogP contribution >= 0.6 is 0 Å². The first-order chi connectivity index (χ1) is 16.7. The van der Waals surface area contributed by atoms with Crippen molar-refractivity contribution in [3.8, 4) is 11.5 Å². The Bertz CT molecular complexity index is 1160. The highest BCUT2D eigenvalue weighted by molar-refractivity contribution is 5.88. The fourth-order valence-electron chi connectivity index (χ4n) is 4.73. The summed E-state index contributed by atoms with van der Waals surface area (Å²) in [6.45, 7) is 5.16. The summed E-state index contributed by atoms with van der Waals surface area (Å²) in [5, 5.41) is 12.1. The van der Waals surface area contributed by atoms with Gasteiger partial charge in [-0.2, -0.15) is 13.9 Å². The number of amides is 2. The number of rotatable bonds is 7. The van der Waals surface area contributed by atoms with Crippen LogP contribution in [0.15, 0.2) is 27.8 Å². The highest BCUT2D eigenvalue weighted by Gasteiger charge is 2.74. The smallest absolute Gasteiger partial charge is 0.410 e. The summed E-state index contributed by atoms with van der Waals surface area (Å²) < 4.78 is 49.9. The van der Waals surface area contributed by atoms with Crippen LogP contribution in [-0.4, -0.2) is 74.7 Å². The molecule has 36 heavy (non-hydrogen) atoms. The van der Waals surface area contributed by atoms with Gasteiger partial charge in [0.2, 0.25) is 5.89 Å². The first-order valence-electron chi connectivity index (χ1n) is 11.3. The number of hydrogen-bond acceptors (Lipinski definition) is 8. The van der Waals surface area contributed by atoms with Crippen LogP contribution in [0, 0.1) is 5.41 Å². The molecular formula is C23H27F3N6O4. The summed E-state index contributed by atoms with van der Waals surface area (Å²) in [4.78, 5) is 31.5. The number of ether oxygens (including phenoxy) is 1. The highest BCUT2D eigenvalue weighted by Crippen LogP contribution is 2.71. The predicted molar refractivity (Wildman–Crippen MR) is 121 cm³/mol. The number of alkyl halides is 3. The van der Waals surface area contributed by atoms with Crippen LogP contribution in [0.4, 0.5) is 18.0 Å². The van der Waals surface area contributed by atoms with E-state index in [1.807, 2.05) is 0 Å². The lowest BCUT2D eigenvalue weighted by atomic mass is 9.39. The number of halogens is 3. The molecule has 0 saturated heterocycles. The number of aromatic nitrogens is 3. The zero-order valence-electron chi connectivity index (χ0n) is 20.5. The monoisotopic (exact) mass is 508 g/mol. The topological polar surface area (TPSA) is 114 Å². The minimum Gasteiger partial charge on any atom is -0.444 e. The second kappa shape index (κ2) is 8.86. The SMILES string of the molecule is CN(/N=C/c1ccc(-c2nnc(C(F)F)o2)cn1)C(=O)C(N(C)C(=O)OC(C)(C)C)C12CC(F)(C1)C2. The zero-order valence-corrected chi connectivity index (χ0v) is 20.5. The number of hydrogen-bond donors (Lipinski definition) is 0. The van der Waals surface area contributed by atoms with Crippen LogP contribution in [-0.2, 0) is 9.53 Å². The van der Waals surface area contributed by atoms with Gasteiger partial charge in [-0.15, -0.1) is 10.2 Å². The fourth-order valence-corrected chi connectivity index (χ4v) is 4.73. The Kier molecular flexibility index (Phi) is 6.29. The summed E-state index contributed by atoms with van der Waals surface area (Å²) in [5.41, 5.74) is -1.99. The molecule has 5 rings (SSSR count). The first-order valence-corrected chi connectivity index (χ1v) is 11.3. The van der Waals surface area contributed by atoms with Gasteiger partial charge in [0.25, 0.3) is 11.8 Å². The molecule has 2 amide bonds. The summed E-state index contributed by atoms with van der Waals surface area (Å²) in [6, 6.07) is 2.12. The van der Waals surface area contributed by atoms with Gasteiger partial charge in [0.15, 0.2) is 0 Å². The Morgan fingerprint density at radius 2 is 1.86 bits per heavy atom. The second-order valence-electron chi connectivity index (χ2n) is 10.4. The Balaban J connectivity index is 1.46. The minimum absolute atomic E-state index is 0.106. The van der Waals surface area contributed by atoms with Crippen molar-refractivity contribution in [1.29, 1.82) is 0 Å². The van der Waals surface area contributed by atoms with Crippen molar-refractivity contribution in [1.82, 2.24) is 25.1 Å². The Morgan fingerprint density at radius 1 is 1.19 bits per heavy atom. The molecule has 3 saturated carbocycles. The molecule has 1 atom stereocenters. The van der Waals surface area contributed by atoms with E-state index in [1.165, 1.54) is 43.5 Å². The maximum Gasteiger partial charge on any atom is 0.410 e. The number of carbonyl (C=O) groups is 2. The van der Waals surface area contributed by atoms with Crippen LogP contribution in [0.25, 0.3) is 11.5 Å². The average molecular weight is 509 g/mol. The van der Waals surface area contributed by atoms with Crippen LogP contribution in [0.2, 0.25) is 0 Å². The summed E-state index contributed by atoms with van der Waals surface area (Å²) >= 11 is 0. The lowest BCUT2D eigenvalue weighted by Gasteiger charge is -2.69. The summed E-state index contributed by atoms with van der Waals surface area (Å²) in [5.74, 6) is -1.38. The molecule has 10 nitrogen and oxygen atoms in total. The van der Waals surface area contributed by atoms with Gasteiger partial charge >= 0.3 is 12.5 Å². The number of pyridine rings is 1. The molecule has 1 unspecified atom stereocenters. The van der Waals surface area contributed by atoms with E-state index in [2.05, 4.69) is 20.3 Å². The molecule has 2 heterocycles. The third-order valence-electron chi connectivity index (χ3n) is 6.23. The molecule has 3 aliphatic rings. The lowest BCUT2D eigenvalue weighted by molar-refractivity contribution is -0.240. The quantitative estimate of drug-likeness (QED) is 0.410. The molecule has 194 valence electrons. The number of likely N-dealkylation sites (N-methyl/N-ethyl adjacent to an activating group) is 2. The minimum atomic E-state index is -2.88. The summed E-state index contributed by atoms with van der Waals surface area (Å²) in [6.07, 6.45) is -0.286. The van der Waals surface area contributed by atoms with Crippen LogP contribution < -0.4 is 0 Å². The van der Waals surface area contributed by atoms with Crippen molar-refractivity contribution in [2.24, 2.45) is 10.5 Å². The van der Waals surface area contributed by atoms with Crippen LogP contribution in [0.5, 0.6) is 0 Å². The number of hydrazone groups is 1. The van der Waals surface area contributed by atoms with Crippen molar-refractivity contribution >= 4 is 18.2 Å². The molecule has 0 aromatic carbocycles. The van der Waals surface area contributed by atoms with Gasteiger partial charge in [0.05, 0.1) is 17.5 Å². The standard InChI is InChI=1S/C23H27F3N6O4/c1-21(2,3)36-20(34)31(4)15(22-10-23(26,11-22)12-22)19(33)32(5)28-9-14-7-6-13(8-27-14)17-29-30-18(35-17)16(24)25/h6-9,15-16H,10-12H2,1-5H3/b28-9+. The van der Waals surface area contributed by atoms with Gasteiger partial charge in [0.1, 0.15) is 17.3 Å². The normalized spacial score (nSPS) is 23.7. The molecule has 0 aliphatic heterocycles. The second-order valence-corrected chi connectivity index (χ2v) is 10.4. The van der Waals surface area contributed by atoms with E-state index in [9.17, 15) is 22.8 Å². The predicted octanol–water partition coefficient (Wildman–Crippen LogP) is 3.99. The third kappa shape index (κ3) is 4.91. The van der Waals surface area contributed by atoms with E-state index in [-0.39, 0.29) is 25.2 Å².